The topological polar surface area (TPSA) is 152 Å². The summed E-state index contributed by atoms with van der Waals surface area (Å²) in [5, 5.41) is 13.7. The number of benzene rings is 1. The summed E-state index contributed by atoms with van der Waals surface area (Å²) in [5.74, 6) is -0.462. The van der Waals surface area contributed by atoms with Crippen LogP contribution in [0.15, 0.2) is 29.1 Å². The molecule has 3 aliphatic rings. The first-order chi connectivity index (χ1) is 22.4. The molecule has 14 nitrogen and oxygen atoms in total. The van der Waals surface area contributed by atoms with E-state index in [0.717, 1.165) is 28.4 Å². The maximum absolute atomic E-state index is 14.1. The number of amides is 2. The molecule has 1 aromatic carbocycles. The van der Waals surface area contributed by atoms with Gasteiger partial charge >= 0.3 is 6.18 Å². The molecule has 0 bridgehead atoms. The number of nitrogens with one attached hydrogen (secondary N) is 2. The highest BCUT2D eigenvalue weighted by molar-refractivity contribution is 6.33. The number of nitrogens with zero attached hydrogens (tertiary/aromatic N) is 7. The number of carbonyl (C=O) groups is 2. The number of rotatable bonds is 5. The van der Waals surface area contributed by atoms with E-state index in [4.69, 9.17) is 21.1 Å². The minimum absolute atomic E-state index is 0.00860. The standard InChI is InChI=1S/C29H29ClF3N9O5/c1-16-12-20(37-36-16)24(44)39-6-4-28(5-7-39)23-21(15-47-28)41(14-22(43)34-19-3-2-17(13-18(19)30)29(31,32)33)27-35-26(38-42(27)25(23)45)40-8-10-46-11-9-40/h2-3,12-13H,4-11,14-15H2,1H3,(H,34,43)(H,36,37). The third-order valence-electron chi connectivity index (χ3n) is 8.73. The highest BCUT2D eigenvalue weighted by Crippen LogP contribution is 2.43. The first-order valence-corrected chi connectivity index (χ1v) is 15.3. The number of fused-ring (bicyclic) bond motifs is 3. The lowest BCUT2D eigenvalue weighted by atomic mass is 9.85. The minimum Gasteiger partial charge on any atom is -0.378 e. The van der Waals surface area contributed by atoms with Gasteiger partial charge in [0.15, 0.2) is 0 Å². The average molecular weight is 676 g/mol. The van der Waals surface area contributed by atoms with Crippen LogP contribution in [0.25, 0.3) is 5.78 Å². The van der Waals surface area contributed by atoms with E-state index in [0.29, 0.717) is 75.1 Å². The highest BCUT2D eigenvalue weighted by atomic mass is 35.5. The Kier molecular flexibility index (Phi) is 7.71. The molecule has 1 spiro atoms. The molecule has 0 atom stereocenters. The van der Waals surface area contributed by atoms with Crippen molar-refractivity contribution in [3.05, 3.63) is 67.9 Å². The van der Waals surface area contributed by atoms with E-state index in [-0.39, 0.29) is 35.5 Å². The second kappa shape index (κ2) is 11.6. The highest BCUT2D eigenvalue weighted by Gasteiger charge is 2.48. The lowest BCUT2D eigenvalue weighted by Gasteiger charge is -2.38. The molecule has 7 rings (SSSR count). The first kappa shape index (κ1) is 31.1. The number of hydrogen-bond acceptors (Lipinski definition) is 9. The molecule has 0 radical (unpaired) electrons. The fourth-order valence-corrected chi connectivity index (χ4v) is 6.55. The van der Waals surface area contributed by atoms with Crippen molar-refractivity contribution in [2.75, 3.05) is 49.6 Å². The van der Waals surface area contributed by atoms with Gasteiger partial charge in [-0.15, -0.1) is 5.10 Å². The molecule has 2 saturated heterocycles. The Bertz CT molecular complexity index is 1940. The van der Waals surface area contributed by atoms with Crippen LogP contribution in [0, 0.1) is 6.92 Å². The van der Waals surface area contributed by atoms with Crippen LogP contribution in [0.1, 0.15) is 45.8 Å². The first-order valence-electron chi connectivity index (χ1n) is 14.9. The normalized spacial score (nSPS) is 17.8. The molecule has 0 aliphatic carbocycles. The van der Waals surface area contributed by atoms with Crippen LogP contribution in [0.3, 0.4) is 0 Å². The summed E-state index contributed by atoms with van der Waals surface area (Å²) in [4.78, 5) is 48.8. The second-order valence-electron chi connectivity index (χ2n) is 11.7. The van der Waals surface area contributed by atoms with Gasteiger partial charge in [-0.3, -0.25) is 19.5 Å². The third-order valence-corrected chi connectivity index (χ3v) is 9.04. The Morgan fingerprint density at radius 1 is 1.13 bits per heavy atom. The van der Waals surface area contributed by atoms with E-state index in [1.165, 1.54) is 0 Å². The molecule has 0 unspecified atom stereocenters. The van der Waals surface area contributed by atoms with Crippen molar-refractivity contribution in [1.29, 1.82) is 0 Å². The molecule has 0 saturated carbocycles. The number of likely N-dealkylation sites (tertiary alicyclic amines) is 1. The number of aromatic amines is 1. The van der Waals surface area contributed by atoms with Gasteiger partial charge in [0.25, 0.3) is 11.5 Å². The smallest absolute Gasteiger partial charge is 0.378 e. The maximum Gasteiger partial charge on any atom is 0.416 e. The van der Waals surface area contributed by atoms with E-state index in [1.807, 2.05) is 4.90 Å². The molecule has 3 aliphatic heterocycles. The van der Waals surface area contributed by atoms with E-state index in [1.54, 1.807) is 22.5 Å². The Morgan fingerprint density at radius 3 is 2.53 bits per heavy atom. The molecule has 2 amide bonds. The van der Waals surface area contributed by atoms with Gasteiger partial charge in [0, 0.05) is 31.9 Å². The average Bonchev–Trinajstić information content (AvgIpc) is 3.78. The lowest BCUT2D eigenvalue weighted by Crippen LogP contribution is -2.47. The summed E-state index contributed by atoms with van der Waals surface area (Å²) < 4.78 is 53.9. The van der Waals surface area contributed by atoms with Crippen molar-refractivity contribution in [1.82, 2.24) is 34.3 Å². The monoisotopic (exact) mass is 675 g/mol. The van der Waals surface area contributed by atoms with Gasteiger partial charge in [-0.1, -0.05) is 11.6 Å². The maximum atomic E-state index is 14.1. The van der Waals surface area contributed by atoms with Crippen molar-refractivity contribution >= 4 is 40.8 Å². The summed E-state index contributed by atoms with van der Waals surface area (Å²) >= 11 is 6.09. The van der Waals surface area contributed by atoms with Gasteiger partial charge in [0.1, 0.15) is 17.8 Å². The Balaban J connectivity index is 1.23. The summed E-state index contributed by atoms with van der Waals surface area (Å²) in [7, 11) is 0. The predicted octanol–water partition coefficient (Wildman–Crippen LogP) is 2.73. The van der Waals surface area contributed by atoms with E-state index in [2.05, 4.69) is 25.6 Å². The third kappa shape index (κ3) is 5.61. The van der Waals surface area contributed by atoms with E-state index in [9.17, 15) is 27.6 Å². The molecule has 18 heteroatoms. The summed E-state index contributed by atoms with van der Waals surface area (Å²) in [6.07, 6.45) is -3.97. The molecule has 47 heavy (non-hydrogen) atoms. The molecule has 4 aromatic rings. The van der Waals surface area contributed by atoms with Crippen LogP contribution < -0.4 is 15.8 Å². The fraction of sp³-hybridized carbons (Fsp3) is 0.448. The fourth-order valence-electron chi connectivity index (χ4n) is 6.32. The second-order valence-corrected chi connectivity index (χ2v) is 12.1. The number of ether oxygens (including phenoxy) is 2. The Hall–Kier alpha value is -4.48. The SMILES string of the molecule is Cc1cc(C(=O)N2CCC3(CC2)OCc2c3c(=O)n3nc(N4CCOCC4)nc3n2CC(=O)Nc2ccc(C(F)(F)F)cc2Cl)n[nH]1. The molecular formula is C29H29ClF3N9O5. The zero-order valence-electron chi connectivity index (χ0n) is 25.1. The molecule has 2 N–H and O–H groups in total. The van der Waals surface area contributed by atoms with E-state index >= 15 is 0 Å². The molecular weight excluding hydrogens is 647 g/mol. The van der Waals surface area contributed by atoms with Crippen LogP contribution in [0.5, 0.6) is 0 Å². The van der Waals surface area contributed by atoms with Gasteiger partial charge in [-0.2, -0.15) is 27.8 Å². The molecule has 2 fully saturated rings. The van der Waals surface area contributed by atoms with Crippen LogP contribution >= 0.6 is 11.6 Å². The minimum atomic E-state index is -4.60. The molecule has 3 aromatic heterocycles. The lowest BCUT2D eigenvalue weighted by molar-refractivity contribution is -0.137. The zero-order chi connectivity index (χ0) is 33.1. The number of piperidine rings is 1. The Morgan fingerprint density at radius 2 is 1.87 bits per heavy atom. The number of halogens is 4. The van der Waals surface area contributed by atoms with Gasteiger partial charge < -0.3 is 29.2 Å². The van der Waals surface area contributed by atoms with Gasteiger partial charge in [-0.25, -0.2) is 0 Å². The van der Waals surface area contributed by atoms with E-state index < -0.39 is 28.8 Å². The van der Waals surface area contributed by atoms with Crippen LogP contribution in [-0.4, -0.2) is 85.5 Å². The van der Waals surface area contributed by atoms with Crippen molar-refractivity contribution in [3.8, 4) is 0 Å². The Labute approximate surface area is 269 Å². The predicted molar refractivity (Wildman–Crippen MR) is 160 cm³/mol. The number of H-pyrrole nitrogens is 1. The molecule has 248 valence electrons. The number of hydrogen-bond donors (Lipinski definition) is 2. The van der Waals surface area contributed by atoms with Gasteiger partial charge in [0.2, 0.25) is 17.6 Å². The zero-order valence-corrected chi connectivity index (χ0v) is 25.8. The van der Waals surface area contributed by atoms with Crippen LogP contribution in [0.4, 0.5) is 24.8 Å². The summed E-state index contributed by atoms with van der Waals surface area (Å²) in [6.45, 7) is 3.93. The quantitative estimate of drug-likeness (QED) is 0.325. The number of anilines is 2. The van der Waals surface area contributed by atoms with Gasteiger partial charge in [-0.05, 0) is 44.0 Å². The summed E-state index contributed by atoms with van der Waals surface area (Å²) in [5.41, 5.74) is -0.629. The van der Waals surface area contributed by atoms with Gasteiger partial charge in [0.05, 0.1) is 47.4 Å². The summed E-state index contributed by atoms with van der Waals surface area (Å²) in [6, 6.07) is 4.32. The number of aryl methyl sites for hydroxylation is 1. The number of carbonyl (C=O) groups excluding carboxylic acids is 2. The number of morpholine rings is 1. The van der Waals surface area contributed by atoms with Crippen molar-refractivity contribution in [2.24, 2.45) is 0 Å². The van der Waals surface area contributed by atoms with Crippen LogP contribution in [0.2, 0.25) is 5.02 Å². The van der Waals surface area contributed by atoms with Crippen molar-refractivity contribution in [2.45, 2.75) is 44.7 Å². The molecule has 6 heterocycles. The van der Waals surface area contributed by atoms with Crippen LogP contribution in [-0.2, 0) is 39.2 Å². The number of aromatic nitrogens is 6. The van der Waals surface area contributed by atoms with Crippen molar-refractivity contribution in [3.63, 3.8) is 0 Å². The van der Waals surface area contributed by atoms with Crippen molar-refractivity contribution < 1.29 is 32.2 Å². The number of alkyl halides is 3. The largest absolute Gasteiger partial charge is 0.416 e.